The lowest BCUT2D eigenvalue weighted by Gasteiger charge is -2.13. The smallest absolute Gasteiger partial charge is 0.269 e. The van der Waals surface area contributed by atoms with E-state index in [1.807, 2.05) is 17.6 Å². The molecule has 166 valence electrons. The topological polar surface area (TPSA) is 116 Å². The lowest BCUT2D eigenvalue weighted by Crippen LogP contribution is -2.26. The molecule has 1 aromatic carbocycles. The second-order valence-electron chi connectivity index (χ2n) is 6.66. The summed E-state index contributed by atoms with van der Waals surface area (Å²) in [4.78, 5) is 17.1. The molecule has 2 N–H and O–H groups in total. The summed E-state index contributed by atoms with van der Waals surface area (Å²) in [5.74, 6) is 1.26. The fourth-order valence-corrected chi connectivity index (χ4v) is 3.91. The molecule has 0 aliphatic carbocycles. The standard InChI is InChI=1S/C21H22N6O4S/c1-29-17-9-13(10-18(30-2)19(17)31-3)15-11-16(26-25-15)20(28)22-7-5-14-12-32-21(24-14)27-8-4-6-23-27/h4,6,8-12H,5,7H2,1-3H3,(H,22,28)(H,25,26). The van der Waals surface area contributed by atoms with Crippen molar-refractivity contribution in [1.82, 2.24) is 30.3 Å². The number of hydrogen-bond donors (Lipinski definition) is 2. The molecule has 0 saturated carbocycles. The minimum Gasteiger partial charge on any atom is -0.493 e. The first kappa shape index (κ1) is 21.4. The Balaban J connectivity index is 1.40. The number of aromatic nitrogens is 5. The molecule has 0 spiro atoms. The van der Waals surface area contributed by atoms with Crippen LogP contribution in [0.15, 0.2) is 42.0 Å². The van der Waals surface area contributed by atoms with Crippen molar-refractivity contribution in [2.24, 2.45) is 0 Å². The van der Waals surface area contributed by atoms with Crippen molar-refractivity contribution in [3.8, 4) is 33.6 Å². The molecular weight excluding hydrogens is 432 g/mol. The third kappa shape index (κ3) is 4.42. The number of amides is 1. The van der Waals surface area contributed by atoms with Crippen LogP contribution in [0.1, 0.15) is 16.2 Å². The molecule has 0 fully saturated rings. The maximum Gasteiger partial charge on any atom is 0.269 e. The van der Waals surface area contributed by atoms with Crippen molar-refractivity contribution >= 4 is 17.2 Å². The second-order valence-corrected chi connectivity index (χ2v) is 7.50. The highest BCUT2D eigenvalue weighted by molar-refractivity contribution is 7.12. The number of nitrogens with zero attached hydrogens (tertiary/aromatic N) is 4. The van der Waals surface area contributed by atoms with E-state index in [0.29, 0.717) is 41.6 Å². The minimum atomic E-state index is -0.251. The van der Waals surface area contributed by atoms with Gasteiger partial charge in [0.15, 0.2) is 11.5 Å². The third-order valence-electron chi connectivity index (χ3n) is 4.69. The average Bonchev–Trinajstić information content (AvgIpc) is 3.59. The van der Waals surface area contributed by atoms with Gasteiger partial charge >= 0.3 is 0 Å². The number of methoxy groups -OCH3 is 3. The maximum absolute atomic E-state index is 12.5. The number of carbonyl (C=O) groups is 1. The number of hydrogen-bond acceptors (Lipinski definition) is 8. The Kier molecular flexibility index (Phi) is 6.36. The van der Waals surface area contributed by atoms with Crippen LogP contribution in [0, 0.1) is 0 Å². The number of thiazole rings is 1. The van der Waals surface area contributed by atoms with E-state index in [9.17, 15) is 4.79 Å². The molecule has 0 atom stereocenters. The van der Waals surface area contributed by atoms with Gasteiger partial charge in [0.25, 0.3) is 5.91 Å². The lowest BCUT2D eigenvalue weighted by molar-refractivity contribution is 0.0949. The van der Waals surface area contributed by atoms with E-state index in [1.54, 1.807) is 50.4 Å². The fourth-order valence-electron chi connectivity index (χ4n) is 3.11. The molecule has 4 aromatic rings. The normalized spacial score (nSPS) is 10.7. The quantitative estimate of drug-likeness (QED) is 0.399. The second kappa shape index (κ2) is 9.52. The molecule has 0 aliphatic rings. The maximum atomic E-state index is 12.5. The van der Waals surface area contributed by atoms with Crippen LogP contribution in [0.4, 0.5) is 0 Å². The predicted octanol–water partition coefficient (Wildman–Crippen LogP) is 2.72. The summed E-state index contributed by atoms with van der Waals surface area (Å²) in [5, 5.41) is 16.8. The molecule has 0 aliphatic heterocycles. The van der Waals surface area contributed by atoms with Gasteiger partial charge in [-0.2, -0.15) is 10.2 Å². The summed E-state index contributed by atoms with van der Waals surface area (Å²) in [5.41, 5.74) is 2.55. The summed E-state index contributed by atoms with van der Waals surface area (Å²) in [7, 11) is 4.64. The highest BCUT2D eigenvalue weighted by Gasteiger charge is 2.17. The van der Waals surface area contributed by atoms with Crippen LogP contribution in [-0.4, -0.2) is 58.7 Å². The van der Waals surface area contributed by atoms with Crippen molar-refractivity contribution < 1.29 is 19.0 Å². The van der Waals surface area contributed by atoms with Crippen LogP contribution < -0.4 is 19.5 Å². The summed E-state index contributed by atoms with van der Waals surface area (Å²) in [6.45, 7) is 0.444. The molecule has 10 nitrogen and oxygen atoms in total. The molecule has 32 heavy (non-hydrogen) atoms. The van der Waals surface area contributed by atoms with Crippen molar-refractivity contribution in [3.05, 3.63) is 53.4 Å². The molecule has 3 aromatic heterocycles. The first-order valence-electron chi connectivity index (χ1n) is 9.71. The van der Waals surface area contributed by atoms with Crippen LogP contribution in [-0.2, 0) is 6.42 Å². The number of H-pyrrole nitrogens is 1. The number of rotatable bonds is 9. The molecule has 0 unspecified atom stereocenters. The first-order valence-corrected chi connectivity index (χ1v) is 10.6. The number of carbonyl (C=O) groups excluding carboxylic acids is 1. The van der Waals surface area contributed by atoms with Gasteiger partial charge in [0.2, 0.25) is 10.9 Å². The molecule has 0 bridgehead atoms. The molecule has 0 saturated heterocycles. The van der Waals surface area contributed by atoms with Gasteiger partial charge in [-0.05, 0) is 24.3 Å². The van der Waals surface area contributed by atoms with E-state index < -0.39 is 0 Å². The predicted molar refractivity (Wildman–Crippen MR) is 119 cm³/mol. The Morgan fingerprint density at radius 2 is 1.94 bits per heavy atom. The Hall–Kier alpha value is -3.86. The first-order chi connectivity index (χ1) is 15.6. The molecule has 0 radical (unpaired) electrons. The molecule has 1 amide bonds. The number of nitrogens with one attached hydrogen (secondary N) is 2. The van der Waals surface area contributed by atoms with E-state index >= 15 is 0 Å². The van der Waals surface area contributed by atoms with Gasteiger partial charge in [-0.15, -0.1) is 11.3 Å². The summed E-state index contributed by atoms with van der Waals surface area (Å²) in [6.07, 6.45) is 4.16. The largest absolute Gasteiger partial charge is 0.493 e. The van der Waals surface area contributed by atoms with E-state index in [-0.39, 0.29) is 5.91 Å². The molecule has 3 heterocycles. The van der Waals surface area contributed by atoms with Crippen molar-refractivity contribution in [2.75, 3.05) is 27.9 Å². The van der Waals surface area contributed by atoms with E-state index in [2.05, 4.69) is 25.6 Å². The Morgan fingerprint density at radius 1 is 1.16 bits per heavy atom. The highest BCUT2D eigenvalue weighted by Crippen LogP contribution is 2.40. The number of ether oxygens (including phenoxy) is 3. The summed E-state index contributed by atoms with van der Waals surface area (Å²) in [6, 6.07) is 7.07. The van der Waals surface area contributed by atoms with Crippen molar-refractivity contribution in [3.63, 3.8) is 0 Å². The van der Waals surface area contributed by atoms with E-state index in [4.69, 9.17) is 14.2 Å². The molecular formula is C21H22N6O4S. The zero-order chi connectivity index (χ0) is 22.5. The van der Waals surface area contributed by atoms with E-state index in [0.717, 1.165) is 16.4 Å². The van der Waals surface area contributed by atoms with Crippen LogP contribution in [0.2, 0.25) is 0 Å². The summed E-state index contributed by atoms with van der Waals surface area (Å²) < 4.78 is 17.8. The zero-order valence-corrected chi connectivity index (χ0v) is 18.6. The zero-order valence-electron chi connectivity index (χ0n) is 17.8. The van der Waals surface area contributed by atoms with Crippen molar-refractivity contribution in [1.29, 1.82) is 0 Å². The Labute approximate surface area is 188 Å². The van der Waals surface area contributed by atoms with Crippen LogP contribution >= 0.6 is 11.3 Å². The highest BCUT2D eigenvalue weighted by atomic mass is 32.1. The number of benzene rings is 1. The minimum absolute atomic E-state index is 0.251. The fraction of sp³-hybridized carbons (Fsp3) is 0.238. The monoisotopic (exact) mass is 454 g/mol. The molecule has 11 heteroatoms. The van der Waals surface area contributed by atoms with Crippen LogP contribution in [0.3, 0.4) is 0 Å². The van der Waals surface area contributed by atoms with Gasteiger partial charge in [0.05, 0.1) is 32.7 Å². The lowest BCUT2D eigenvalue weighted by atomic mass is 10.1. The Bertz CT molecular complexity index is 1180. The van der Waals surface area contributed by atoms with Gasteiger partial charge < -0.3 is 19.5 Å². The van der Waals surface area contributed by atoms with Gasteiger partial charge in [-0.3, -0.25) is 9.89 Å². The van der Waals surface area contributed by atoms with Gasteiger partial charge in [0.1, 0.15) is 5.69 Å². The van der Waals surface area contributed by atoms with Crippen LogP contribution in [0.25, 0.3) is 16.4 Å². The third-order valence-corrected chi connectivity index (χ3v) is 5.57. The Morgan fingerprint density at radius 3 is 2.59 bits per heavy atom. The van der Waals surface area contributed by atoms with Crippen molar-refractivity contribution in [2.45, 2.75) is 6.42 Å². The van der Waals surface area contributed by atoms with Gasteiger partial charge in [-0.1, -0.05) is 0 Å². The van der Waals surface area contributed by atoms with Gasteiger partial charge in [0, 0.05) is 36.3 Å². The van der Waals surface area contributed by atoms with E-state index in [1.165, 1.54) is 11.3 Å². The summed E-state index contributed by atoms with van der Waals surface area (Å²) >= 11 is 1.50. The SMILES string of the molecule is COc1cc(-c2cc(C(=O)NCCc3csc(-n4cccn4)n3)[nH]n2)cc(OC)c1OC. The van der Waals surface area contributed by atoms with Crippen LogP contribution in [0.5, 0.6) is 17.2 Å². The average molecular weight is 455 g/mol. The van der Waals surface area contributed by atoms with Gasteiger partial charge in [-0.25, -0.2) is 9.67 Å². The number of aromatic amines is 1. The molecule has 4 rings (SSSR count).